The van der Waals surface area contributed by atoms with E-state index in [1.54, 1.807) is 4.68 Å². The molecule has 0 unspecified atom stereocenters. The van der Waals surface area contributed by atoms with Crippen LogP contribution in [0.4, 0.5) is 0 Å². The summed E-state index contributed by atoms with van der Waals surface area (Å²) in [5.41, 5.74) is 1.50. The number of aromatic nitrogens is 5. The summed E-state index contributed by atoms with van der Waals surface area (Å²) in [5, 5.41) is 8.73. The quantitative estimate of drug-likeness (QED) is 0.833. The van der Waals surface area contributed by atoms with Crippen molar-refractivity contribution in [2.75, 3.05) is 19.7 Å². The van der Waals surface area contributed by atoms with Crippen molar-refractivity contribution in [1.82, 2.24) is 29.4 Å². The lowest BCUT2D eigenvalue weighted by Crippen LogP contribution is -2.47. The summed E-state index contributed by atoms with van der Waals surface area (Å²) in [6, 6.07) is 1.85. The zero-order valence-corrected chi connectivity index (χ0v) is 14.7. The number of morpholine rings is 1. The highest BCUT2D eigenvalue weighted by atomic mass is 16.5. The smallest absolute Gasteiger partial charge is 0.272 e. The number of ether oxygens (including phenoxy) is 1. The van der Waals surface area contributed by atoms with Gasteiger partial charge in [0.1, 0.15) is 17.3 Å². The van der Waals surface area contributed by atoms with E-state index in [0.29, 0.717) is 38.5 Å². The van der Waals surface area contributed by atoms with Gasteiger partial charge in [-0.25, -0.2) is 9.67 Å². The van der Waals surface area contributed by atoms with Crippen LogP contribution in [0.1, 0.15) is 34.8 Å². The van der Waals surface area contributed by atoms with Gasteiger partial charge in [0.05, 0.1) is 24.9 Å². The van der Waals surface area contributed by atoms with Crippen LogP contribution >= 0.6 is 0 Å². The highest BCUT2D eigenvalue weighted by Crippen LogP contribution is 2.14. The number of hydrogen-bond donors (Lipinski definition) is 0. The van der Waals surface area contributed by atoms with Crippen LogP contribution in [-0.2, 0) is 17.8 Å². The predicted molar refractivity (Wildman–Crippen MR) is 87.8 cm³/mol. The fourth-order valence-corrected chi connectivity index (χ4v) is 3.06. The lowest BCUT2D eigenvalue weighted by Gasteiger charge is -2.33. The maximum atomic E-state index is 12.8. The third kappa shape index (κ3) is 3.33. The molecule has 0 spiro atoms. The number of aryl methyl sites for hydroxylation is 4. The molecule has 0 bridgehead atoms. The molecule has 0 N–H and O–H groups in total. The maximum absolute atomic E-state index is 12.8. The highest BCUT2D eigenvalue weighted by molar-refractivity contribution is 5.92. The standard InChI is InChI=1S/C16H24N6O2/c1-5-21-15(8-11(2)18-21)16(23)20-6-7-24-14(9-20)10-22-13(4)17-12(3)19-22/h8,14H,5-7,9-10H2,1-4H3/t14-/m1/s1. The lowest BCUT2D eigenvalue weighted by molar-refractivity contribution is -0.0306. The first kappa shape index (κ1) is 16.6. The number of carbonyl (C=O) groups excluding carboxylic acids is 1. The topological polar surface area (TPSA) is 78.1 Å². The molecule has 2 aromatic heterocycles. The van der Waals surface area contributed by atoms with E-state index in [1.165, 1.54) is 0 Å². The summed E-state index contributed by atoms with van der Waals surface area (Å²) in [6.07, 6.45) is -0.0819. The first-order valence-corrected chi connectivity index (χ1v) is 8.31. The van der Waals surface area contributed by atoms with Crippen molar-refractivity contribution in [2.45, 2.75) is 46.9 Å². The molecule has 0 aliphatic carbocycles. The SMILES string of the molecule is CCn1nc(C)cc1C(=O)N1CCO[C@@H](Cn2nc(C)nc2C)C1. The van der Waals surface area contributed by atoms with E-state index in [1.807, 2.05) is 43.3 Å². The monoisotopic (exact) mass is 332 g/mol. The largest absolute Gasteiger partial charge is 0.373 e. The zero-order chi connectivity index (χ0) is 17.3. The van der Waals surface area contributed by atoms with Gasteiger partial charge in [-0.15, -0.1) is 0 Å². The Bertz CT molecular complexity index is 735. The van der Waals surface area contributed by atoms with E-state index in [2.05, 4.69) is 15.2 Å². The van der Waals surface area contributed by atoms with Gasteiger partial charge in [-0.05, 0) is 33.8 Å². The third-order valence-electron chi connectivity index (χ3n) is 4.19. The summed E-state index contributed by atoms with van der Waals surface area (Å²) >= 11 is 0. The van der Waals surface area contributed by atoms with Crippen molar-refractivity contribution < 1.29 is 9.53 Å². The minimum Gasteiger partial charge on any atom is -0.373 e. The lowest BCUT2D eigenvalue weighted by atomic mass is 10.2. The summed E-state index contributed by atoms with van der Waals surface area (Å²) in [7, 11) is 0. The van der Waals surface area contributed by atoms with Crippen LogP contribution in [0.2, 0.25) is 0 Å². The van der Waals surface area contributed by atoms with E-state index in [4.69, 9.17) is 4.74 Å². The van der Waals surface area contributed by atoms with Crippen LogP contribution < -0.4 is 0 Å². The van der Waals surface area contributed by atoms with Crippen molar-refractivity contribution in [3.05, 3.63) is 29.1 Å². The van der Waals surface area contributed by atoms with Crippen LogP contribution in [0.3, 0.4) is 0 Å². The molecule has 3 rings (SSSR count). The number of rotatable bonds is 4. The van der Waals surface area contributed by atoms with Crippen molar-refractivity contribution in [2.24, 2.45) is 0 Å². The van der Waals surface area contributed by atoms with Gasteiger partial charge in [0.15, 0.2) is 0 Å². The molecule has 0 saturated carbocycles. The van der Waals surface area contributed by atoms with Gasteiger partial charge in [0.25, 0.3) is 5.91 Å². The van der Waals surface area contributed by atoms with Gasteiger partial charge in [-0.1, -0.05) is 0 Å². The molecule has 8 nitrogen and oxygen atoms in total. The van der Waals surface area contributed by atoms with Crippen molar-refractivity contribution in [3.63, 3.8) is 0 Å². The molecule has 8 heteroatoms. The Morgan fingerprint density at radius 1 is 1.29 bits per heavy atom. The minimum atomic E-state index is -0.0819. The molecule has 1 aliphatic heterocycles. The molecular weight excluding hydrogens is 308 g/mol. The molecule has 1 fully saturated rings. The zero-order valence-electron chi connectivity index (χ0n) is 14.7. The van der Waals surface area contributed by atoms with Crippen LogP contribution in [0.15, 0.2) is 6.07 Å². The number of nitrogens with zero attached hydrogens (tertiary/aromatic N) is 6. The van der Waals surface area contributed by atoms with Gasteiger partial charge >= 0.3 is 0 Å². The maximum Gasteiger partial charge on any atom is 0.272 e. The van der Waals surface area contributed by atoms with Gasteiger partial charge in [-0.2, -0.15) is 10.2 Å². The Morgan fingerprint density at radius 2 is 2.08 bits per heavy atom. The summed E-state index contributed by atoms with van der Waals surface area (Å²) in [5.74, 6) is 1.62. The Hall–Kier alpha value is -2.22. The van der Waals surface area contributed by atoms with Gasteiger partial charge < -0.3 is 9.64 Å². The van der Waals surface area contributed by atoms with Gasteiger partial charge in [-0.3, -0.25) is 9.48 Å². The van der Waals surface area contributed by atoms with E-state index >= 15 is 0 Å². The fraction of sp³-hybridized carbons (Fsp3) is 0.625. The van der Waals surface area contributed by atoms with E-state index in [9.17, 15) is 4.79 Å². The fourth-order valence-electron chi connectivity index (χ4n) is 3.06. The average Bonchev–Trinajstić information content (AvgIpc) is 3.08. The molecule has 1 atom stereocenters. The summed E-state index contributed by atoms with van der Waals surface area (Å²) in [6.45, 7) is 10.6. The van der Waals surface area contributed by atoms with E-state index in [-0.39, 0.29) is 12.0 Å². The first-order valence-electron chi connectivity index (χ1n) is 8.31. The van der Waals surface area contributed by atoms with Crippen molar-refractivity contribution >= 4 is 5.91 Å². The predicted octanol–water partition coefficient (Wildman–Crippen LogP) is 0.961. The molecular formula is C16H24N6O2. The molecule has 24 heavy (non-hydrogen) atoms. The number of hydrogen-bond acceptors (Lipinski definition) is 5. The molecule has 0 aromatic carbocycles. The molecule has 1 saturated heterocycles. The van der Waals surface area contributed by atoms with E-state index < -0.39 is 0 Å². The first-order chi connectivity index (χ1) is 11.5. The van der Waals surface area contributed by atoms with Crippen molar-refractivity contribution in [3.8, 4) is 0 Å². The second kappa shape index (κ2) is 6.72. The molecule has 130 valence electrons. The highest BCUT2D eigenvalue weighted by Gasteiger charge is 2.28. The number of carbonyl (C=O) groups is 1. The van der Waals surface area contributed by atoms with Gasteiger partial charge in [0, 0.05) is 19.6 Å². The Balaban J connectivity index is 1.70. The molecule has 1 amide bonds. The molecule has 1 aliphatic rings. The second-order valence-electron chi connectivity index (χ2n) is 6.12. The second-order valence-corrected chi connectivity index (χ2v) is 6.12. The van der Waals surface area contributed by atoms with Gasteiger partial charge in [0.2, 0.25) is 0 Å². The molecule has 3 heterocycles. The van der Waals surface area contributed by atoms with Crippen LogP contribution in [0.5, 0.6) is 0 Å². The van der Waals surface area contributed by atoms with E-state index in [0.717, 1.165) is 17.3 Å². The molecule has 0 radical (unpaired) electrons. The normalized spacial score (nSPS) is 18.2. The Kier molecular flexibility index (Phi) is 4.66. The summed E-state index contributed by atoms with van der Waals surface area (Å²) < 4.78 is 9.42. The van der Waals surface area contributed by atoms with Crippen molar-refractivity contribution in [1.29, 1.82) is 0 Å². The Morgan fingerprint density at radius 3 is 2.75 bits per heavy atom. The van der Waals surface area contributed by atoms with Crippen LogP contribution in [0, 0.1) is 20.8 Å². The third-order valence-corrected chi connectivity index (χ3v) is 4.19. The Labute approximate surface area is 141 Å². The van der Waals surface area contributed by atoms with Crippen LogP contribution in [0.25, 0.3) is 0 Å². The summed E-state index contributed by atoms with van der Waals surface area (Å²) in [4.78, 5) is 19.0. The molecule has 2 aromatic rings. The average molecular weight is 332 g/mol. The minimum absolute atomic E-state index is 0.0113. The van der Waals surface area contributed by atoms with Crippen LogP contribution in [-0.4, -0.2) is 61.2 Å². The number of amides is 1.